The lowest BCUT2D eigenvalue weighted by Gasteiger charge is -2.14. The van der Waals surface area contributed by atoms with Crippen LogP contribution in [0.1, 0.15) is 30.6 Å². The highest BCUT2D eigenvalue weighted by Gasteiger charge is 2.18. The van der Waals surface area contributed by atoms with Crippen molar-refractivity contribution in [3.05, 3.63) is 70.6 Å². The van der Waals surface area contributed by atoms with Crippen LogP contribution in [0.2, 0.25) is 0 Å². The smallest absolute Gasteiger partial charge is 0.227 e. The van der Waals surface area contributed by atoms with Gasteiger partial charge in [0.05, 0.1) is 12.5 Å². The van der Waals surface area contributed by atoms with Crippen LogP contribution in [-0.2, 0) is 11.3 Å². The third kappa shape index (κ3) is 3.71. The van der Waals surface area contributed by atoms with Gasteiger partial charge in [-0.05, 0) is 35.6 Å². The molecule has 1 unspecified atom stereocenters. The molecule has 3 nitrogen and oxygen atoms in total. The summed E-state index contributed by atoms with van der Waals surface area (Å²) in [6, 6.07) is 15.8. The number of amides is 1. The Kier molecular flexibility index (Phi) is 4.93. The van der Waals surface area contributed by atoms with Gasteiger partial charge in [-0.3, -0.25) is 4.79 Å². The lowest BCUT2D eigenvalue weighted by Crippen LogP contribution is -2.28. The van der Waals surface area contributed by atoms with E-state index in [1.807, 2.05) is 66.2 Å². The molecule has 0 bridgehead atoms. The molecule has 0 radical (unpaired) electrons. The summed E-state index contributed by atoms with van der Waals surface area (Å²) in [5.41, 5.74) is 2.12. The monoisotopic (exact) mass is 325 g/mol. The lowest BCUT2D eigenvalue weighted by atomic mass is 9.96. The average Bonchev–Trinajstić information content (AvgIpc) is 3.26. The average molecular weight is 325 g/mol. The number of carbonyl (C=O) groups excluding carboxylic acids is 1. The third-order valence-corrected chi connectivity index (χ3v) is 4.51. The summed E-state index contributed by atoms with van der Waals surface area (Å²) < 4.78 is 5.79. The summed E-state index contributed by atoms with van der Waals surface area (Å²) in [5.74, 6) is 1.52. The Bertz CT molecular complexity index is 747. The summed E-state index contributed by atoms with van der Waals surface area (Å²) in [7, 11) is 0. The molecule has 2 aromatic heterocycles. The highest BCUT2D eigenvalue weighted by molar-refractivity contribution is 7.08. The van der Waals surface area contributed by atoms with Gasteiger partial charge < -0.3 is 9.73 Å². The van der Waals surface area contributed by atoms with Crippen LogP contribution in [0.4, 0.5) is 0 Å². The van der Waals surface area contributed by atoms with Crippen molar-refractivity contribution in [2.24, 2.45) is 0 Å². The second kappa shape index (κ2) is 7.29. The molecule has 2 heterocycles. The Morgan fingerprint density at radius 2 is 2.00 bits per heavy atom. The van der Waals surface area contributed by atoms with Crippen LogP contribution in [0.15, 0.2) is 63.7 Å². The van der Waals surface area contributed by atoms with Crippen LogP contribution >= 0.6 is 11.3 Å². The van der Waals surface area contributed by atoms with Gasteiger partial charge in [-0.25, -0.2) is 0 Å². The topological polar surface area (TPSA) is 42.2 Å². The molecule has 4 heteroatoms. The Balaban J connectivity index is 1.62. The highest BCUT2D eigenvalue weighted by atomic mass is 32.1. The minimum atomic E-state index is -0.123. The molecule has 0 saturated carbocycles. The Labute approximate surface area is 140 Å². The number of hydrogen-bond donors (Lipinski definition) is 1. The van der Waals surface area contributed by atoms with Gasteiger partial charge in [-0.15, -0.1) is 0 Å². The molecule has 23 heavy (non-hydrogen) atoms. The normalized spacial score (nSPS) is 12.0. The first kappa shape index (κ1) is 15.6. The first-order valence-corrected chi connectivity index (χ1v) is 8.66. The summed E-state index contributed by atoms with van der Waals surface area (Å²) in [5, 5.41) is 7.04. The minimum Gasteiger partial charge on any atom is -0.459 e. The number of nitrogens with one attached hydrogen (secondary N) is 1. The summed E-state index contributed by atoms with van der Waals surface area (Å²) in [6.07, 6.45) is 0.772. The molecule has 1 atom stereocenters. The number of carbonyl (C=O) groups is 1. The molecule has 3 rings (SSSR count). The fraction of sp³-hybridized carbons (Fsp3) is 0.211. The van der Waals surface area contributed by atoms with Gasteiger partial charge in [0, 0.05) is 10.9 Å². The van der Waals surface area contributed by atoms with Crippen molar-refractivity contribution in [1.29, 1.82) is 0 Å². The third-order valence-electron chi connectivity index (χ3n) is 3.83. The quantitative estimate of drug-likeness (QED) is 0.706. The van der Waals surface area contributed by atoms with Gasteiger partial charge in [0.1, 0.15) is 11.5 Å². The van der Waals surface area contributed by atoms with E-state index < -0.39 is 0 Å². The van der Waals surface area contributed by atoms with Crippen molar-refractivity contribution in [3.63, 3.8) is 0 Å². The van der Waals surface area contributed by atoms with E-state index in [4.69, 9.17) is 4.42 Å². The van der Waals surface area contributed by atoms with E-state index in [0.717, 1.165) is 29.1 Å². The Morgan fingerprint density at radius 3 is 2.70 bits per heavy atom. The molecule has 0 spiro atoms. The second-order valence-corrected chi connectivity index (χ2v) is 6.15. The maximum atomic E-state index is 12.4. The summed E-state index contributed by atoms with van der Waals surface area (Å²) in [4.78, 5) is 12.4. The standard InChI is InChI=1S/C19H19NO2S/c1-2-17(14-6-4-3-5-7-14)19(21)20-12-16-8-9-18(22-16)15-10-11-23-13-15/h3-11,13,17H,2,12H2,1H3,(H,20,21). The molecule has 1 amide bonds. The van der Waals surface area contributed by atoms with Gasteiger partial charge in [0.25, 0.3) is 0 Å². The van der Waals surface area contributed by atoms with E-state index in [-0.39, 0.29) is 11.8 Å². The van der Waals surface area contributed by atoms with Crippen LogP contribution in [0.5, 0.6) is 0 Å². The zero-order valence-corrected chi connectivity index (χ0v) is 13.8. The van der Waals surface area contributed by atoms with E-state index in [1.165, 1.54) is 0 Å². The minimum absolute atomic E-state index is 0.0344. The number of hydrogen-bond acceptors (Lipinski definition) is 3. The first-order chi connectivity index (χ1) is 11.3. The zero-order valence-electron chi connectivity index (χ0n) is 13.0. The summed E-state index contributed by atoms with van der Waals surface area (Å²) >= 11 is 1.64. The maximum Gasteiger partial charge on any atom is 0.227 e. The first-order valence-electron chi connectivity index (χ1n) is 7.72. The van der Waals surface area contributed by atoms with E-state index >= 15 is 0 Å². The number of thiophene rings is 1. The molecule has 0 aliphatic carbocycles. The molecule has 0 saturated heterocycles. The van der Waals surface area contributed by atoms with Crippen molar-refractivity contribution in [2.45, 2.75) is 25.8 Å². The molecule has 0 aliphatic rings. The second-order valence-electron chi connectivity index (χ2n) is 5.37. The molecule has 0 aliphatic heterocycles. The highest BCUT2D eigenvalue weighted by Crippen LogP contribution is 2.24. The molecular weight excluding hydrogens is 306 g/mol. The fourth-order valence-electron chi connectivity index (χ4n) is 2.59. The Morgan fingerprint density at radius 1 is 1.17 bits per heavy atom. The predicted octanol–water partition coefficient (Wildman–Crippen LogP) is 4.82. The largest absolute Gasteiger partial charge is 0.459 e. The molecule has 1 N–H and O–H groups in total. The van der Waals surface area contributed by atoms with Gasteiger partial charge in [-0.1, -0.05) is 37.3 Å². The van der Waals surface area contributed by atoms with Gasteiger partial charge in [0.15, 0.2) is 0 Å². The fourth-order valence-corrected chi connectivity index (χ4v) is 3.23. The van der Waals surface area contributed by atoms with Crippen molar-refractivity contribution >= 4 is 17.2 Å². The van der Waals surface area contributed by atoms with Crippen LogP contribution in [0.3, 0.4) is 0 Å². The van der Waals surface area contributed by atoms with Crippen LogP contribution in [-0.4, -0.2) is 5.91 Å². The van der Waals surface area contributed by atoms with Crippen LogP contribution < -0.4 is 5.32 Å². The number of rotatable bonds is 6. The Hall–Kier alpha value is -2.33. The predicted molar refractivity (Wildman–Crippen MR) is 93.3 cm³/mol. The molecule has 118 valence electrons. The lowest BCUT2D eigenvalue weighted by molar-refractivity contribution is -0.122. The van der Waals surface area contributed by atoms with E-state index in [2.05, 4.69) is 5.32 Å². The van der Waals surface area contributed by atoms with Crippen molar-refractivity contribution < 1.29 is 9.21 Å². The van der Waals surface area contributed by atoms with Crippen molar-refractivity contribution in [1.82, 2.24) is 5.32 Å². The zero-order chi connectivity index (χ0) is 16.1. The molecule has 1 aromatic carbocycles. The molecular formula is C19H19NO2S. The van der Waals surface area contributed by atoms with E-state index in [1.54, 1.807) is 11.3 Å². The number of furan rings is 1. The van der Waals surface area contributed by atoms with Crippen LogP contribution in [0.25, 0.3) is 11.3 Å². The summed E-state index contributed by atoms with van der Waals surface area (Å²) in [6.45, 7) is 2.44. The van der Waals surface area contributed by atoms with Gasteiger partial charge in [0.2, 0.25) is 5.91 Å². The molecule has 3 aromatic rings. The maximum absolute atomic E-state index is 12.4. The van der Waals surface area contributed by atoms with E-state index in [9.17, 15) is 4.79 Å². The number of benzene rings is 1. The molecule has 0 fully saturated rings. The van der Waals surface area contributed by atoms with E-state index in [0.29, 0.717) is 6.54 Å². The van der Waals surface area contributed by atoms with Gasteiger partial charge >= 0.3 is 0 Å². The van der Waals surface area contributed by atoms with Crippen molar-refractivity contribution in [3.8, 4) is 11.3 Å². The van der Waals surface area contributed by atoms with Crippen LogP contribution in [0, 0.1) is 0 Å². The SMILES string of the molecule is CCC(C(=O)NCc1ccc(-c2ccsc2)o1)c1ccccc1. The van der Waals surface area contributed by atoms with Crippen molar-refractivity contribution in [2.75, 3.05) is 0 Å². The van der Waals surface area contributed by atoms with Gasteiger partial charge in [-0.2, -0.15) is 11.3 Å².